The molecule has 5 aromatic rings. The van der Waals surface area contributed by atoms with E-state index in [4.69, 9.17) is 9.47 Å². The molecule has 1 saturated heterocycles. The zero-order valence-corrected chi connectivity index (χ0v) is 18.9. The molecular weight excluding hydrogens is 394 g/mol. The van der Waals surface area contributed by atoms with Crippen molar-refractivity contribution in [2.45, 2.75) is 45.2 Å². The first-order valence-electron chi connectivity index (χ1n) is 11.2. The van der Waals surface area contributed by atoms with Crippen LogP contribution in [0.5, 0.6) is 0 Å². The highest BCUT2D eigenvalue weighted by atomic mass is 16.7. The fourth-order valence-corrected chi connectivity index (χ4v) is 4.80. The number of fused-ring (bicyclic) bond motifs is 4. The third kappa shape index (κ3) is 2.75. The summed E-state index contributed by atoms with van der Waals surface area (Å²) in [7, 11) is 0. The number of benzene rings is 4. The van der Waals surface area contributed by atoms with Gasteiger partial charge in [0.15, 0.2) is 6.29 Å². The second-order valence-electron chi connectivity index (χ2n) is 9.72. The molecule has 2 heterocycles. The van der Waals surface area contributed by atoms with Crippen LogP contribution in [-0.4, -0.2) is 15.8 Å². The summed E-state index contributed by atoms with van der Waals surface area (Å²) in [5.74, 6) is 0. The molecule has 1 fully saturated rings. The quantitative estimate of drug-likeness (QED) is 0.294. The van der Waals surface area contributed by atoms with Crippen molar-refractivity contribution >= 4 is 32.6 Å². The average Bonchev–Trinajstić information content (AvgIpc) is 3.23. The van der Waals surface area contributed by atoms with Gasteiger partial charge < -0.3 is 14.0 Å². The van der Waals surface area contributed by atoms with E-state index >= 15 is 0 Å². The number of rotatable bonds is 2. The molecule has 0 saturated carbocycles. The molecule has 0 unspecified atom stereocenters. The highest BCUT2D eigenvalue weighted by molar-refractivity contribution is 6.10. The van der Waals surface area contributed by atoms with Crippen LogP contribution in [0.25, 0.3) is 38.3 Å². The fraction of sp³-hybridized carbons (Fsp3) is 0.241. The van der Waals surface area contributed by atoms with Crippen molar-refractivity contribution in [1.82, 2.24) is 4.57 Å². The Morgan fingerprint density at radius 1 is 0.625 bits per heavy atom. The molecule has 0 bridgehead atoms. The molecule has 0 N–H and O–H groups in total. The third-order valence-corrected chi connectivity index (χ3v) is 7.21. The lowest BCUT2D eigenvalue weighted by Gasteiger charge is -2.30. The molecule has 4 aromatic carbocycles. The van der Waals surface area contributed by atoms with Gasteiger partial charge in [-0.15, -0.1) is 0 Å². The Labute approximate surface area is 188 Å². The van der Waals surface area contributed by atoms with Crippen LogP contribution in [-0.2, 0) is 9.47 Å². The Kier molecular flexibility index (Phi) is 4.08. The lowest BCUT2D eigenvalue weighted by molar-refractivity contribution is -0.0894. The van der Waals surface area contributed by atoms with Crippen molar-refractivity contribution in [3.8, 4) is 5.69 Å². The Bertz CT molecular complexity index is 1420. The van der Waals surface area contributed by atoms with Gasteiger partial charge in [-0.1, -0.05) is 60.7 Å². The summed E-state index contributed by atoms with van der Waals surface area (Å²) in [6.07, 6.45) is -0.406. The van der Waals surface area contributed by atoms with Gasteiger partial charge in [-0.05, 0) is 57.3 Å². The van der Waals surface area contributed by atoms with Gasteiger partial charge in [-0.3, -0.25) is 0 Å². The zero-order chi connectivity index (χ0) is 22.1. The van der Waals surface area contributed by atoms with Crippen molar-refractivity contribution in [1.29, 1.82) is 0 Å². The molecule has 0 aliphatic carbocycles. The topological polar surface area (TPSA) is 23.4 Å². The third-order valence-electron chi connectivity index (χ3n) is 7.21. The van der Waals surface area contributed by atoms with E-state index in [1.165, 1.54) is 32.6 Å². The maximum atomic E-state index is 6.41. The van der Waals surface area contributed by atoms with E-state index in [-0.39, 0.29) is 11.2 Å². The predicted octanol–water partition coefficient (Wildman–Crippen LogP) is 7.54. The van der Waals surface area contributed by atoms with Gasteiger partial charge in [0.25, 0.3) is 0 Å². The molecule has 6 rings (SSSR count). The van der Waals surface area contributed by atoms with Gasteiger partial charge in [-0.25, -0.2) is 0 Å². The molecule has 1 aliphatic rings. The van der Waals surface area contributed by atoms with Crippen molar-refractivity contribution in [3.05, 3.63) is 90.5 Å². The summed E-state index contributed by atoms with van der Waals surface area (Å²) in [6, 6.07) is 30.2. The molecule has 160 valence electrons. The number of aromatic nitrogens is 1. The highest BCUT2D eigenvalue weighted by Crippen LogP contribution is 2.46. The summed E-state index contributed by atoms with van der Waals surface area (Å²) < 4.78 is 15.2. The van der Waals surface area contributed by atoms with E-state index in [0.717, 1.165) is 11.3 Å². The number of para-hydroxylation sites is 2. The molecule has 0 amide bonds. The Balaban J connectivity index is 1.66. The van der Waals surface area contributed by atoms with Crippen LogP contribution in [0.15, 0.2) is 84.9 Å². The Morgan fingerprint density at radius 2 is 1.12 bits per heavy atom. The lowest BCUT2D eigenvalue weighted by atomic mass is 9.90. The zero-order valence-electron chi connectivity index (χ0n) is 18.9. The summed E-state index contributed by atoms with van der Waals surface area (Å²) in [6.45, 7) is 8.40. The van der Waals surface area contributed by atoms with Crippen LogP contribution in [0.2, 0.25) is 0 Å². The van der Waals surface area contributed by atoms with Gasteiger partial charge in [0.05, 0.1) is 27.9 Å². The van der Waals surface area contributed by atoms with Gasteiger partial charge in [0, 0.05) is 21.7 Å². The molecule has 3 heteroatoms. The fourth-order valence-electron chi connectivity index (χ4n) is 4.80. The minimum absolute atomic E-state index is 0.379. The van der Waals surface area contributed by atoms with E-state index in [1.54, 1.807) is 0 Å². The summed E-state index contributed by atoms with van der Waals surface area (Å²) in [5, 5.41) is 4.90. The Hall–Kier alpha value is -3.14. The largest absolute Gasteiger partial charge is 0.339 e. The van der Waals surface area contributed by atoms with Crippen LogP contribution in [0, 0.1) is 0 Å². The first-order chi connectivity index (χ1) is 15.4. The first-order valence-corrected chi connectivity index (χ1v) is 11.2. The molecule has 1 aliphatic heterocycles. The second-order valence-corrected chi connectivity index (χ2v) is 9.72. The van der Waals surface area contributed by atoms with Crippen LogP contribution in [0.1, 0.15) is 39.5 Å². The summed E-state index contributed by atoms with van der Waals surface area (Å²) in [5.41, 5.74) is 3.83. The van der Waals surface area contributed by atoms with Gasteiger partial charge >= 0.3 is 0 Å². The maximum absolute atomic E-state index is 6.41. The minimum Gasteiger partial charge on any atom is -0.339 e. The van der Waals surface area contributed by atoms with Crippen molar-refractivity contribution in [3.63, 3.8) is 0 Å². The van der Waals surface area contributed by atoms with Gasteiger partial charge in [0.2, 0.25) is 0 Å². The van der Waals surface area contributed by atoms with Crippen LogP contribution in [0.3, 0.4) is 0 Å². The molecule has 0 spiro atoms. The molecule has 0 atom stereocenters. The van der Waals surface area contributed by atoms with Crippen molar-refractivity contribution < 1.29 is 9.47 Å². The van der Waals surface area contributed by atoms with Crippen LogP contribution in [0.4, 0.5) is 0 Å². The van der Waals surface area contributed by atoms with E-state index in [9.17, 15) is 0 Å². The van der Waals surface area contributed by atoms with Gasteiger partial charge in [-0.2, -0.15) is 0 Å². The SMILES string of the molecule is CC1(C)OC(c2cc(-n3c4ccccc4c4ccccc43)c3ccccc3c2)OC1(C)C. The minimum atomic E-state index is -0.406. The summed E-state index contributed by atoms with van der Waals surface area (Å²) >= 11 is 0. The first kappa shape index (κ1) is 19.5. The van der Waals surface area contributed by atoms with Crippen molar-refractivity contribution in [2.75, 3.05) is 0 Å². The second kappa shape index (κ2) is 6.68. The number of nitrogens with zero attached hydrogens (tertiary/aromatic N) is 1. The maximum Gasteiger partial charge on any atom is 0.185 e. The monoisotopic (exact) mass is 421 g/mol. The predicted molar refractivity (Wildman–Crippen MR) is 131 cm³/mol. The van der Waals surface area contributed by atoms with Crippen LogP contribution < -0.4 is 0 Å². The molecule has 1 aromatic heterocycles. The van der Waals surface area contributed by atoms with Crippen molar-refractivity contribution in [2.24, 2.45) is 0 Å². The molecule has 3 nitrogen and oxygen atoms in total. The molecular formula is C29H27NO2. The standard InChI is InChI=1S/C29H27NO2/c1-28(2)29(3,4)32-27(31-28)20-17-19-11-5-6-12-21(19)26(18-20)30-24-15-9-7-13-22(24)23-14-8-10-16-25(23)30/h5-18,27H,1-4H3. The van der Waals surface area contributed by atoms with E-state index in [1.807, 2.05) is 0 Å². The summed E-state index contributed by atoms with van der Waals surface area (Å²) in [4.78, 5) is 0. The lowest BCUT2D eigenvalue weighted by Crippen LogP contribution is -2.41. The average molecular weight is 422 g/mol. The van der Waals surface area contributed by atoms with E-state index < -0.39 is 6.29 Å². The normalized spacial score (nSPS) is 18.1. The van der Waals surface area contributed by atoms with E-state index in [2.05, 4.69) is 117 Å². The van der Waals surface area contributed by atoms with Crippen LogP contribution >= 0.6 is 0 Å². The Morgan fingerprint density at radius 3 is 1.72 bits per heavy atom. The molecule has 0 radical (unpaired) electrons. The number of hydrogen-bond acceptors (Lipinski definition) is 2. The number of hydrogen-bond donors (Lipinski definition) is 0. The number of ether oxygens (including phenoxy) is 2. The van der Waals surface area contributed by atoms with E-state index in [0.29, 0.717) is 0 Å². The highest BCUT2D eigenvalue weighted by Gasteiger charge is 2.49. The molecule has 32 heavy (non-hydrogen) atoms. The smallest absolute Gasteiger partial charge is 0.185 e. The van der Waals surface area contributed by atoms with Gasteiger partial charge in [0.1, 0.15) is 0 Å².